The summed E-state index contributed by atoms with van der Waals surface area (Å²) in [6, 6.07) is 5.73. The lowest BCUT2D eigenvalue weighted by Crippen LogP contribution is -2.39. The van der Waals surface area contributed by atoms with Crippen molar-refractivity contribution in [3.63, 3.8) is 0 Å². The molecule has 0 aliphatic heterocycles. The first-order chi connectivity index (χ1) is 10.1. The second kappa shape index (κ2) is 4.57. The molecule has 2 saturated carbocycles. The molecule has 0 aromatic heterocycles. The van der Waals surface area contributed by atoms with Crippen LogP contribution in [0.4, 0.5) is 4.39 Å². The first kappa shape index (κ1) is 13.3. The summed E-state index contributed by atoms with van der Waals surface area (Å²) in [5.74, 6) is 1.87. The van der Waals surface area contributed by atoms with Crippen molar-refractivity contribution in [1.29, 1.82) is 5.26 Å². The van der Waals surface area contributed by atoms with Gasteiger partial charge in [0.2, 0.25) is 0 Å². The first-order valence-electron chi connectivity index (χ1n) is 8.35. The van der Waals surface area contributed by atoms with Gasteiger partial charge >= 0.3 is 0 Å². The zero-order chi connectivity index (χ0) is 14.6. The standard InChI is InChI=1S/C19H22FN/c1-19-9-2-3-17(19)15-6-7-16-13(14(15)8-10-19)5-4-12(11-21)18(16)20/h4-5,14-15,17H,2-3,6-10H2,1H3. The van der Waals surface area contributed by atoms with Crippen molar-refractivity contribution in [3.8, 4) is 6.07 Å². The lowest BCUT2D eigenvalue weighted by atomic mass is 9.56. The molecule has 0 spiro atoms. The summed E-state index contributed by atoms with van der Waals surface area (Å²) in [6.45, 7) is 2.48. The summed E-state index contributed by atoms with van der Waals surface area (Å²) < 4.78 is 14.4. The van der Waals surface area contributed by atoms with E-state index in [-0.39, 0.29) is 11.4 Å². The van der Waals surface area contributed by atoms with E-state index in [9.17, 15) is 4.39 Å². The van der Waals surface area contributed by atoms with Gasteiger partial charge in [0, 0.05) is 0 Å². The molecule has 0 radical (unpaired) electrons. The fraction of sp³-hybridized carbons (Fsp3) is 0.632. The molecule has 0 N–H and O–H groups in total. The van der Waals surface area contributed by atoms with Gasteiger partial charge < -0.3 is 0 Å². The van der Waals surface area contributed by atoms with Gasteiger partial charge in [0.1, 0.15) is 11.9 Å². The second-order valence-electron chi connectivity index (χ2n) is 7.61. The molecule has 1 aromatic rings. The molecule has 4 atom stereocenters. The van der Waals surface area contributed by atoms with E-state index in [4.69, 9.17) is 5.26 Å². The molecule has 0 heterocycles. The van der Waals surface area contributed by atoms with Gasteiger partial charge in [-0.05, 0) is 78.9 Å². The third-order valence-corrected chi connectivity index (χ3v) is 6.75. The van der Waals surface area contributed by atoms with Crippen molar-refractivity contribution >= 4 is 0 Å². The molecule has 21 heavy (non-hydrogen) atoms. The minimum atomic E-state index is -0.242. The molecule has 0 saturated heterocycles. The Balaban J connectivity index is 1.75. The zero-order valence-corrected chi connectivity index (χ0v) is 12.7. The summed E-state index contributed by atoms with van der Waals surface area (Å²) in [6.07, 6.45) is 8.56. The molecule has 1 nitrogen and oxygen atoms in total. The van der Waals surface area contributed by atoms with Gasteiger partial charge in [0.15, 0.2) is 0 Å². The fourth-order valence-corrected chi connectivity index (χ4v) is 5.70. The quantitative estimate of drug-likeness (QED) is 0.661. The molecule has 0 bridgehead atoms. The number of fused-ring (bicyclic) bond motifs is 5. The van der Waals surface area contributed by atoms with E-state index in [1.54, 1.807) is 6.07 Å². The van der Waals surface area contributed by atoms with Crippen LogP contribution in [0.1, 0.15) is 68.1 Å². The molecule has 4 unspecified atom stereocenters. The number of hydrogen-bond acceptors (Lipinski definition) is 1. The molecular weight excluding hydrogens is 261 g/mol. The average Bonchev–Trinajstić information content (AvgIpc) is 2.89. The van der Waals surface area contributed by atoms with E-state index < -0.39 is 0 Å². The normalized spacial score (nSPS) is 37.3. The van der Waals surface area contributed by atoms with Gasteiger partial charge in [0.05, 0.1) is 5.56 Å². The van der Waals surface area contributed by atoms with Crippen LogP contribution in [0, 0.1) is 34.4 Å². The van der Waals surface area contributed by atoms with Gasteiger partial charge in [0.25, 0.3) is 0 Å². The number of rotatable bonds is 0. The van der Waals surface area contributed by atoms with Gasteiger partial charge in [-0.1, -0.05) is 19.4 Å². The summed E-state index contributed by atoms with van der Waals surface area (Å²) in [5, 5.41) is 9.02. The maximum atomic E-state index is 14.4. The van der Waals surface area contributed by atoms with Gasteiger partial charge in [-0.15, -0.1) is 0 Å². The summed E-state index contributed by atoms with van der Waals surface area (Å²) in [7, 11) is 0. The minimum Gasteiger partial charge on any atom is -0.205 e. The Morgan fingerprint density at radius 2 is 2.10 bits per heavy atom. The van der Waals surface area contributed by atoms with Crippen LogP contribution in [-0.4, -0.2) is 0 Å². The molecule has 1 aromatic carbocycles. The molecule has 110 valence electrons. The molecule has 3 aliphatic carbocycles. The van der Waals surface area contributed by atoms with Gasteiger partial charge in [-0.25, -0.2) is 4.39 Å². The third kappa shape index (κ3) is 1.79. The summed E-state index contributed by atoms with van der Waals surface area (Å²) >= 11 is 0. The van der Waals surface area contributed by atoms with E-state index in [0.717, 1.165) is 30.2 Å². The maximum absolute atomic E-state index is 14.4. The Labute approximate surface area is 126 Å². The van der Waals surface area contributed by atoms with Gasteiger partial charge in [-0.2, -0.15) is 5.26 Å². The Morgan fingerprint density at radius 1 is 1.24 bits per heavy atom. The Hall–Kier alpha value is -1.36. The van der Waals surface area contributed by atoms with Crippen molar-refractivity contribution in [2.45, 2.75) is 57.8 Å². The van der Waals surface area contributed by atoms with Crippen LogP contribution in [0.2, 0.25) is 0 Å². The van der Waals surface area contributed by atoms with E-state index in [2.05, 4.69) is 6.92 Å². The van der Waals surface area contributed by atoms with Crippen LogP contribution in [-0.2, 0) is 6.42 Å². The Morgan fingerprint density at radius 3 is 2.90 bits per heavy atom. The minimum absolute atomic E-state index is 0.216. The zero-order valence-electron chi connectivity index (χ0n) is 12.7. The topological polar surface area (TPSA) is 23.8 Å². The average molecular weight is 283 g/mol. The van der Waals surface area contributed by atoms with E-state index in [1.165, 1.54) is 37.7 Å². The molecule has 4 rings (SSSR count). The highest BCUT2D eigenvalue weighted by atomic mass is 19.1. The highest BCUT2D eigenvalue weighted by molar-refractivity contribution is 5.43. The molecule has 2 fully saturated rings. The number of hydrogen-bond donors (Lipinski definition) is 0. The molecule has 0 amide bonds. The van der Waals surface area contributed by atoms with E-state index >= 15 is 0 Å². The Bertz CT molecular complexity index is 629. The fourth-order valence-electron chi connectivity index (χ4n) is 5.70. The highest BCUT2D eigenvalue weighted by Crippen LogP contribution is 2.60. The summed E-state index contributed by atoms with van der Waals surface area (Å²) in [4.78, 5) is 0. The summed E-state index contributed by atoms with van der Waals surface area (Å²) in [5.41, 5.74) is 2.83. The van der Waals surface area contributed by atoms with Crippen molar-refractivity contribution in [2.24, 2.45) is 17.3 Å². The number of nitriles is 1. The van der Waals surface area contributed by atoms with Crippen LogP contribution >= 0.6 is 0 Å². The van der Waals surface area contributed by atoms with E-state index in [0.29, 0.717) is 11.3 Å². The third-order valence-electron chi connectivity index (χ3n) is 6.75. The number of benzene rings is 1. The Kier molecular flexibility index (Phi) is 2.89. The van der Waals surface area contributed by atoms with E-state index in [1.807, 2.05) is 12.1 Å². The van der Waals surface area contributed by atoms with Crippen LogP contribution < -0.4 is 0 Å². The first-order valence-corrected chi connectivity index (χ1v) is 8.35. The second-order valence-corrected chi connectivity index (χ2v) is 7.61. The van der Waals surface area contributed by atoms with Crippen LogP contribution in [0.25, 0.3) is 0 Å². The SMILES string of the molecule is CC12CCCC1C1CCc3c(ccc(C#N)c3F)C1CC2. The van der Waals surface area contributed by atoms with Crippen LogP contribution in [0.5, 0.6) is 0 Å². The largest absolute Gasteiger partial charge is 0.205 e. The highest BCUT2D eigenvalue weighted by Gasteiger charge is 2.50. The predicted molar refractivity (Wildman–Crippen MR) is 80.3 cm³/mol. The van der Waals surface area contributed by atoms with Crippen molar-refractivity contribution < 1.29 is 4.39 Å². The maximum Gasteiger partial charge on any atom is 0.144 e. The van der Waals surface area contributed by atoms with Crippen molar-refractivity contribution in [2.75, 3.05) is 0 Å². The van der Waals surface area contributed by atoms with Crippen molar-refractivity contribution in [3.05, 3.63) is 34.6 Å². The van der Waals surface area contributed by atoms with Gasteiger partial charge in [-0.3, -0.25) is 0 Å². The van der Waals surface area contributed by atoms with Crippen LogP contribution in [0.15, 0.2) is 12.1 Å². The lowest BCUT2D eigenvalue weighted by molar-refractivity contribution is 0.0594. The number of halogens is 1. The monoisotopic (exact) mass is 283 g/mol. The van der Waals surface area contributed by atoms with Crippen LogP contribution in [0.3, 0.4) is 0 Å². The lowest BCUT2D eigenvalue weighted by Gasteiger charge is -2.49. The van der Waals surface area contributed by atoms with Crippen molar-refractivity contribution in [1.82, 2.24) is 0 Å². The predicted octanol–water partition coefficient (Wildman–Crippen LogP) is 4.94. The molecule has 2 heteroatoms. The molecule has 3 aliphatic rings. The number of nitrogens with zero attached hydrogens (tertiary/aromatic N) is 1. The molecular formula is C19H22FN. The smallest absolute Gasteiger partial charge is 0.144 e.